The zero-order valence-corrected chi connectivity index (χ0v) is 19.0. The molecule has 162 valence electrons. The Kier molecular flexibility index (Phi) is 4.01. The molecule has 0 amide bonds. The Morgan fingerprint density at radius 1 is 0.588 bits per heavy atom. The van der Waals surface area contributed by atoms with E-state index in [-0.39, 0.29) is 5.41 Å². The topological polar surface area (TPSA) is 19.0 Å². The fraction of sp³-hybridized carbons (Fsp3) is 0.0625. The Labute approximate surface area is 199 Å². The number of nitrogens with one attached hydrogen (secondary N) is 1. The molecule has 1 atom stereocenters. The van der Waals surface area contributed by atoms with Crippen LogP contribution >= 0.6 is 0 Å². The average molecular weight is 437 g/mol. The minimum absolute atomic E-state index is 0.317. The third-order valence-electron chi connectivity index (χ3n) is 7.44. The van der Waals surface area contributed by atoms with Crippen molar-refractivity contribution in [1.82, 2.24) is 4.98 Å². The molecule has 34 heavy (non-hydrogen) atoms. The standard InChI is InChI=1S/C32H24N2/c1-32(22-12-4-2-5-13-22)25-17-9-11-19-28(25)34(23-14-6-3-7-15-23)29-21-20-27-30(31(29)32)24-16-8-10-18-26(24)33-27/h2-21,33H,1H3. The summed E-state index contributed by atoms with van der Waals surface area (Å²) in [6.07, 6.45) is 0. The van der Waals surface area contributed by atoms with Gasteiger partial charge in [0.2, 0.25) is 0 Å². The Bertz CT molecular complexity index is 1660. The van der Waals surface area contributed by atoms with Crippen molar-refractivity contribution in [2.45, 2.75) is 12.3 Å². The van der Waals surface area contributed by atoms with Gasteiger partial charge in [-0.2, -0.15) is 0 Å². The van der Waals surface area contributed by atoms with E-state index in [9.17, 15) is 0 Å². The van der Waals surface area contributed by atoms with Crippen LogP contribution in [0.5, 0.6) is 0 Å². The number of nitrogens with zero attached hydrogens (tertiary/aromatic N) is 1. The molecule has 0 aliphatic carbocycles. The average Bonchev–Trinajstić information content (AvgIpc) is 3.28. The van der Waals surface area contributed by atoms with Gasteiger partial charge in [0.05, 0.1) is 11.4 Å². The van der Waals surface area contributed by atoms with Gasteiger partial charge in [-0.25, -0.2) is 0 Å². The first-order chi connectivity index (χ1) is 16.8. The first-order valence-corrected chi connectivity index (χ1v) is 11.8. The second kappa shape index (κ2) is 7.10. The first kappa shape index (κ1) is 19.2. The summed E-state index contributed by atoms with van der Waals surface area (Å²) in [5.41, 5.74) is 9.62. The molecule has 0 saturated carbocycles. The van der Waals surface area contributed by atoms with E-state index >= 15 is 0 Å². The van der Waals surface area contributed by atoms with E-state index in [2.05, 4.69) is 138 Å². The largest absolute Gasteiger partial charge is 0.354 e. The van der Waals surface area contributed by atoms with E-state index < -0.39 is 0 Å². The van der Waals surface area contributed by atoms with Crippen molar-refractivity contribution in [2.24, 2.45) is 0 Å². The van der Waals surface area contributed by atoms with E-state index in [0.717, 1.165) is 0 Å². The number of H-pyrrole nitrogens is 1. The van der Waals surface area contributed by atoms with Gasteiger partial charge in [0, 0.05) is 38.5 Å². The molecule has 5 aromatic carbocycles. The Morgan fingerprint density at radius 3 is 2.09 bits per heavy atom. The molecule has 2 nitrogen and oxygen atoms in total. The van der Waals surface area contributed by atoms with Gasteiger partial charge in [0.1, 0.15) is 0 Å². The highest BCUT2D eigenvalue weighted by atomic mass is 15.2. The molecule has 0 spiro atoms. The van der Waals surface area contributed by atoms with Crippen molar-refractivity contribution in [3.05, 3.63) is 138 Å². The number of hydrogen-bond donors (Lipinski definition) is 1. The maximum atomic E-state index is 3.68. The van der Waals surface area contributed by atoms with Crippen LogP contribution in [0.4, 0.5) is 17.1 Å². The number of aromatic nitrogens is 1. The first-order valence-electron chi connectivity index (χ1n) is 11.8. The lowest BCUT2D eigenvalue weighted by molar-refractivity contribution is 0.688. The lowest BCUT2D eigenvalue weighted by atomic mass is 9.66. The third kappa shape index (κ3) is 2.51. The van der Waals surface area contributed by atoms with Crippen LogP contribution in [0.2, 0.25) is 0 Å². The molecular weight excluding hydrogens is 412 g/mol. The summed E-state index contributed by atoms with van der Waals surface area (Å²) < 4.78 is 0. The van der Waals surface area contributed by atoms with E-state index in [1.807, 2.05) is 0 Å². The smallest absolute Gasteiger partial charge is 0.0513 e. The highest BCUT2D eigenvalue weighted by molar-refractivity contribution is 6.13. The monoisotopic (exact) mass is 436 g/mol. The zero-order chi connectivity index (χ0) is 22.7. The summed E-state index contributed by atoms with van der Waals surface area (Å²) in [5.74, 6) is 0. The molecule has 1 aliphatic heterocycles. The summed E-state index contributed by atoms with van der Waals surface area (Å²) in [5, 5.41) is 2.57. The Hall–Kier alpha value is -4.30. The number of rotatable bonds is 2. The highest BCUT2D eigenvalue weighted by Crippen LogP contribution is 2.57. The number of anilines is 3. The molecule has 2 heteroatoms. The van der Waals surface area contributed by atoms with Gasteiger partial charge < -0.3 is 9.88 Å². The molecule has 7 rings (SSSR count). The van der Waals surface area contributed by atoms with Crippen LogP contribution in [0, 0.1) is 0 Å². The fourth-order valence-corrected chi connectivity index (χ4v) is 5.91. The van der Waals surface area contributed by atoms with Crippen LogP contribution in [-0.2, 0) is 5.41 Å². The van der Waals surface area contributed by atoms with Crippen molar-refractivity contribution in [3.8, 4) is 0 Å². The molecule has 1 N–H and O–H groups in total. The number of hydrogen-bond acceptors (Lipinski definition) is 1. The lowest BCUT2D eigenvalue weighted by Gasteiger charge is -2.44. The predicted octanol–water partition coefficient (Wildman–Crippen LogP) is 8.46. The van der Waals surface area contributed by atoms with Gasteiger partial charge >= 0.3 is 0 Å². The van der Waals surface area contributed by atoms with Crippen molar-refractivity contribution >= 4 is 38.9 Å². The van der Waals surface area contributed by atoms with Crippen LogP contribution in [0.3, 0.4) is 0 Å². The molecule has 1 aromatic heterocycles. The normalized spacial score (nSPS) is 17.0. The summed E-state index contributed by atoms with van der Waals surface area (Å²) in [7, 11) is 0. The SMILES string of the molecule is CC1(c2ccccc2)c2ccccc2N(c2ccccc2)c2ccc3[nH]c4ccccc4c3c21. The van der Waals surface area contributed by atoms with Crippen LogP contribution in [-0.4, -0.2) is 4.98 Å². The van der Waals surface area contributed by atoms with Crippen LogP contribution in [0.1, 0.15) is 23.6 Å². The minimum Gasteiger partial charge on any atom is -0.354 e. The second-order valence-electron chi connectivity index (χ2n) is 9.23. The summed E-state index contributed by atoms with van der Waals surface area (Å²) in [6.45, 7) is 2.39. The van der Waals surface area contributed by atoms with Gasteiger partial charge in [0.25, 0.3) is 0 Å². The number of para-hydroxylation sites is 3. The van der Waals surface area contributed by atoms with Gasteiger partial charge in [-0.05, 0) is 54.4 Å². The van der Waals surface area contributed by atoms with E-state index in [4.69, 9.17) is 0 Å². The molecule has 0 saturated heterocycles. The summed E-state index contributed by atoms with van der Waals surface area (Å²) in [4.78, 5) is 6.10. The second-order valence-corrected chi connectivity index (χ2v) is 9.23. The van der Waals surface area contributed by atoms with Gasteiger partial charge in [0.15, 0.2) is 0 Å². The summed E-state index contributed by atoms with van der Waals surface area (Å²) in [6, 6.07) is 43.7. The molecule has 2 heterocycles. The number of fused-ring (bicyclic) bond motifs is 6. The van der Waals surface area contributed by atoms with Crippen molar-refractivity contribution in [2.75, 3.05) is 4.90 Å². The Morgan fingerprint density at radius 2 is 1.26 bits per heavy atom. The Balaban J connectivity index is 1.69. The van der Waals surface area contributed by atoms with Crippen molar-refractivity contribution < 1.29 is 0 Å². The maximum absolute atomic E-state index is 3.68. The van der Waals surface area contributed by atoms with Crippen LogP contribution in [0.25, 0.3) is 21.8 Å². The van der Waals surface area contributed by atoms with Crippen molar-refractivity contribution in [1.29, 1.82) is 0 Å². The molecule has 6 aromatic rings. The fourth-order valence-electron chi connectivity index (χ4n) is 5.91. The quantitative estimate of drug-likeness (QED) is 0.288. The van der Waals surface area contributed by atoms with E-state index in [1.54, 1.807) is 0 Å². The highest BCUT2D eigenvalue weighted by Gasteiger charge is 2.43. The molecule has 0 bridgehead atoms. The zero-order valence-electron chi connectivity index (χ0n) is 19.0. The van der Waals surface area contributed by atoms with E-state index in [1.165, 1.54) is 55.6 Å². The number of benzene rings is 5. The molecule has 1 aliphatic rings. The molecule has 0 fully saturated rings. The van der Waals surface area contributed by atoms with Crippen LogP contribution < -0.4 is 4.90 Å². The molecule has 0 radical (unpaired) electrons. The van der Waals surface area contributed by atoms with E-state index in [0.29, 0.717) is 0 Å². The van der Waals surface area contributed by atoms with Gasteiger partial charge in [-0.15, -0.1) is 0 Å². The van der Waals surface area contributed by atoms with Crippen LogP contribution in [0.15, 0.2) is 121 Å². The van der Waals surface area contributed by atoms with Gasteiger partial charge in [-0.1, -0.05) is 84.9 Å². The predicted molar refractivity (Wildman–Crippen MR) is 142 cm³/mol. The maximum Gasteiger partial charge on any atom is 0.0513 e. The summed E-state index contributed by atoms with van der Waals surface area (Å²) >= 11 is 0. The van der Waals surface area contributed by atoms with Crippen molar-refractivity contribution in [3.63, 3.8) is 0 Å². The lowest BCUT2D eigenvalue weighted by Crippen LogP contribution is -2.34. The number of aromatic amines is 1. The molecule has 1 unspecified atom stereocenters. The minimum atomic E-state index is -0.317. The van der Waals surface area contributed by atoms with Gasteiger partial charge in [-0.3, -0.25) is 0 Å². The third-order valence-corrected chi connectivity index (χ3v) is 7.44. The molecular formula is C32H24N2.